The number of nitrogens with one attached hydrogen (secondary N) is 1. The number of hydrogen-bond donors (Lipinski definition) is 1. The van der Waals surface area contributed by atoms with Crippen LogP contribution in [-0.4, -0.2) is 55.6 Å². The summed E-state index contributed by atoms with van der Waals surface area (Å²) in [6.45, 7) is 6.84. The Morgan fingerprint density at radius 2 is 1.67 bits per heavy atom. The van der Waals surface area contributed by atoms with Gasteiger partial charge in [0.05, 0.1) is 0 Å². The van der Waals surface area contributed by atoms with E-state index in [1.807, 2.05) is 0 Å². The van der Waals surface area contributed by atoms with Crippen LogP contribution in [0.2, 0.25) is 0 Å². The Balaban J connectivity index is 1.37. The topological polar surface area (TPSA) is 18.5 Å². The predicted octanol–water partition coefficient (Wildman–Crippen LogP) is 4.57. The number of hydrogen-bond acceptors (Lipinski definition) is 3. The summed E-state index contributed by atoms with van der Waals surface area (Å²) in [5.41, 5.74) is 2.88. The first kappa shape index (κ1) is 21.0. The molecule has 1 N–H and O–H groups in total. The van der Waals surface area contributed by atoms with Gasteiger partial charge in [0.25, 0.3) is 0 Å². The number of nitrogens with zero attached hydrogens (tertiary/aromatic N) is 2. The molecule has 1 atom stereocenters. The van der Waals surface area contributed by atoms with Crippen molar-refractivity contribution in [2.45, 2.75) is 31.8 Å². The van der Waals surface area contributed by atoms with Gasteiger partial charge in [-0.2, -0.15) is 0 Å². The lowest BCUT2D eigenvalue weighted by Gasteiger charge is -2.42. The second-order valence-electron chi connectivity index (χ2n) is 8.59. The first-order chi connectivity index (χ1) is 14.8. The molecule has 3 heteroatoms. The van der Waals surface area contributed by atoms with E-state index in [0.717, 1.165) is 32.6 Å². The number of fused-ring (bicyclic) bond motifs is 1. The molecular formula is C27H35N3. The van der Waals surface area contributed by atoms with Crippen LogP contribution >= 0.6 is 0 Å². The van der Waals surface area contributed by atoms with E-state index in [9.17, 15) is 0 Å². The van der Waals surface area contributed by atoms with E-state index in [4.69, 9.17) is 0 Å². The molecule has 4 rings (SSSR count). The van der Waals surface area contributed by atoms with E-state index in [2.05, 4.69) is 95.0 Å². The summed E-state index contributed by atoms with van der Waals surface area (Å²) in [6.07, 6.45) is 3.64. The molecule has 0 bridgehead atoms. The van der Waals surface area contributed by atoms with Gasteiger partial charge in [-0.1, -0.05) is 72.8 Å². The molecule has 1 heterocycles. The zero-order chi connectivity index (χ0) is 20.6. The lowest BCUT2D eigenvalue weighted by Crippen LogP contribution is -2.53. The van der Waals surface area contributed by atoms with Crippen LogP contribution < -0.4 is 5.32 Å². The molecule has 0 unspecified atom stereocenters. The second kappa shape index (κ2) is 10.7. The molecule has 0 aromatic heterocycles. The molecule has 0 amide bonds. The van der Waals surface area contributed by atoms with Crippen LogP contribution in [0.15, 0.2) is 72.8 Å². The summed E-state index contributed by atoms with van der Waals surface area (Å²) in [4.78, 5) is 5.39. The van der Waals surface area contributed by atoms with Gasteiger partial charge in [-0.25, -0.2) is 0 Å². The number of piperazine rings is 1. The quantitative estimate of drug-likeness (QED) is 0.530. The first-order valence-corrected chi connectivity index (χ1v) is 11.4. The van der Waals surface area contributed by atoms with Crippen molar-refractivity contribution in [2.24, 2.45) is 0 Å². The Kier molecular flexibility index (Phi) is 7.52. The minimum absolute atomic E-state index is 0.649. The van der Waals surface area contributed by atoms with Crippen molar-refractivity contribution in [3.63, 3.8) is 0 Å². The maximum absolute atomic E-state index is 3.32. The standard InChI is InChI=1S/C27H35N3/c1-28-16-7-12-27-22-29(21-24-8-3-2-4-9-24)18-19-30(27)17-15-23-13-14-25-10-5-6-11-26(25)20-23/h2-6,8-11,13-14,20,27-28H,7,12,15-19,21-22H2,1H3/t27-/m1/s1. The molecule has 3 nitrogen and oxygen atoms in total. The van der Waals surface area contributed by atoms with E-state index < -0.39 is 0 Å². The molecule has 158 valence electrons. The van der Waals surface area contributed by atoms with E-state index in [-0.39, 0.29) is 0 Å². The monoisotopic (exact) mass is 401 g/mol. The summed E-state index contributed by atoms with van der Waals surface area (Å²) in [5, 5.41) is 6.00. The SMILES string of the molecule is CNCCC[C@@H]1CN(Cc2ccccc2)CCN1CCc1ccc2ccccc2c1. The van der Waals surface area contributed by atoms with Gasteiger partial charge in [0, 0.05) is 38.8 Å². The summed E-state index contributed by atoms with van der Waals surface area (Å²) in [7, 11) is 2.06. The zero-order valence-electron chi connectivity index (χ0n) is 18.3. The molecule has 1 fully saturated rings. The summed E-state index contributed by atoms with van der Waals surface area (Å²) in [5.74, 6) is 0. The smallest absolute Gasteiger partial charge is 0.0234 e. The summed E-state index contributed by atoms with van der Waals surface area (Å²) < 4.78 is 0. The van der Waals surface area contributed by atoms with Gasteiger partial charge < -0.3 is 5.32 Å². The molecule has 3 aromatic carbocycles. The third-order valence-corrected chi connectivity index (χ3v) is 6.40. The molecule has 0 aliphatic carbocycles. The van der Waals surface area contributed by atoms with Crippen LogP contribution in [0.3, 0.4) is 0 Å². The highest BCUT2D eigenvalue weighted by Crippen LogP contribution is 2.20. The number of rotatable bonds is 9. The minimum Gasteiger partial charge on any atom is -0.320 e. The molecule has 1 aliphatic heterocycles. The molecular weight excluding hydrogens is 366 g/mol. The third kappa shape index (κ3) is 5.69. The summed E-state index contributed by atoms with van der Waals surface area (Å²) >= 11 is 0. The van der Waals surface area contributed by atoms with Crippen molar-refractivity contribution >= 4 is 10.8 Å². The lowest BCUT2D eigenvalue weighted by atomic mass is 10.0. The highest BCUT2D eigenvalue weighted by Gasteiger charge is 2.26. The first-order valence-electron chi connectivity index (χ1n) is 11.4. The molecule has 30 heavy (non-hydrogen) atoms. The maximum atomic E-state index is 3.32. The van der Waals surface area contributed by atoms with Crippen LogP contribution in [0, 0.1) is 0 Å². The molecule has 3 aromatic rings. The fourth-order valence-electron chi connectivity index (χ4n) is 4.69. The van der Waals surface area contributed by atoms with Crippen molar-refractivity contribution in [3.05, 3.63) is 83.9 Å². The number of benzene rings is 3. The van der Waals surface area contributed by atoms with Gasteiger partial charge in [-0.3, -0.25) is 9.80 Å². The van der Waals surface area contributed by atoms with Crippen LogP contribution in [-0.2, 0) is 13.0 Å². The van der Waals surface area contributed by atoms with E-state index in [0.29, 0.717) is 6.04 Å². The van der Waals surface area contributed by atoms with Gasteiger partial charge in [-0.05, 0) is 54.8 Å². The molecule has 0 saturated carbocycles. The normalized spacial score (nSPS) is 18.1. The Morgan fingerprint density at radius 1 is 0.867 bits per heavy atom. The van der Waals surface area contributed by atoms with Crippen LogP contribution in [0.25, 0.3) is 10.8 Å². The lowest BCUT2D eigenvalue weighted by molar-refractivity contribution is 0.0651. The second-order valence-corrected chi connectivity index (χ2v) is 8.59. The Hall–Kier alpha value is -2.20. The maximum Gasteiger partial charge on any atom is 0.0234 e. The third-order valence-electron chi connectivity index (χ3n) is 6.40. The van der Waals surface area contributed by atoms with E-state index in [1.54, 1.807) is 0 Å². The largest absolute Gasteiger partial charge is 0.320 e. The Labute approximate surface area is 181 Å². The van der Waals surface area contributed by atoms with Crippen molar-refractivity contribution < 1.29 is 0 Å². The van der Waals surface area contributed by atoms with Crippen LogP contribution in [0.5, 0.6) is 0 Å². The van der Waals surface area contributed by atoms with Crippen molar-refractivity contribution in [2.75, 3.05) is 39.8 Å². The fraction of sp³-hybridized carbons (Fsp3) is 0.407. The molecule has 0 radical (unpaired) electrons. The van der Waals surface area contributed by atoms with Crippen LogP contribution in [0.1, 0.15) is 24.0 Å². The van der Waals surface area contributed by atoms with E-state index in [1.165, 1.54) is 47.8 Å². The van der Waals surface area contributed by atoms with Gasteiger partial charge in [-0.15, -0.1) is 0 Å². The fourth-order valence-corrected chi connectivity index (χ4v) is 4.69. The highest BCUT2D eigenvalue weighted by atomic mass is 15.3. The molecule has 1 saturated heterocycles. The Bertz CT molecular complexity index is 908. The van der Waals surface area contributed by atoms with E-state index >= 15 is 0 Å². The average Bonchev–Trinajstić information content (AvgIpc) is 2.79. The molecule has 0 spiro atoms. The Morgan fingerprint density at radius 3 is 2.50 bits per heavy atom. The minimum atomic E-state index is 0.649. The molecule has 1 aliphatic rings. The van der Waals surface area contributed by atoms with Crippen LogP contribution in [0.4, 0.5) is 0 Å². The highest BCUT2D eigenvalue weighted by molar-refractivity contribution is 5.82. The van der Waals surface area contributed by atoms with Crippen molar-refractivity contribution in [1.29, 1.82) is 0 Å². The van der Waals surface area contributed by atoms with Gasteiger partial charge >= 0.3 is 0 Å². The average molecular weight is 402 g/mol. The zero-order valence-corrected chi connectivity index (χ0v) is 18.3. The van der Waals surface area contributed by atoms with Gasteiger partial charge in [0.15, 0.2) is 0 Å². The van der Waals surface area contributed by atoms with Gasteiger partial charge in [0.2, 0.25) is 0 Å². The predicted molar refractivity (Wildman–Crippen MR) is 128 cm³/mol. The van der Waals surface area contributed by atoms with Crippen molar-refractivity contribution in [3.8, 4) is 0 Å². The van der Waals surface area contributed by atoms with Gasteiger partial charge in [0.1, 0.15) is 0 Å². The summed E-state index contributed by atoms with van der Waals surface area (Å²) in [6, 6.07) is 27.2. The van der Waals surface area contributed by atoms with Crippen molar-refractivity contribution in [1.82, 2.24) is 15.1 Å².